The SMILES string of the molecule is [CH2]Cc1ccc(Cl)cc1C. The number of benzene rings is 1. The quantitative estimate of drug-likeness (QED) is 0.582. The number of hydrogen-bond acceptors (Lipinski definition) is 0. The molecule has 0 nitrogen and oxygen atoms in total. The van der Waals surface area contributed by atoms with Gasteiger partial charge in [-0.05, 0) is 43.5 Å². The van der Waals surface area contributed by atoms with Crippen molar-refractivity contribution in [2.75, 3.05) is 0 Å². The number of aryl methyl sites for hydroxylation is 1. The zero-order chi connectivity index (χ0) is 7.56. The smallest absolute Gasteiger partial charge is 0.0408 e. The number of hydrogen-bond donors (Lipinski definition) is 0. The standard InChI is InChI=1S/C9H10Cl/c1-3-8-4-5-9(10)6-7(8)2/h4-6H,1,3H2,2H3. The second-order valence-electron chi connectivity index (χ2n) is 2.32. The van der Waals surface area contributed by atoms with Crippen LogP contribution in [-0.4, -0.2) is 0 Å². The molecule has 0 unspecified atom stereocenters. The van der Waals surface area contributed by atoms with Crippen LogP contribution < -0.4 is 0 Å². The van der Waals surface area contributed by atoms with Crippen molar-refractivity contribution in [2.24, 2.45) is 0 Å². The van der Waals surface area contributed by atoms with Crippen LogP contribution in [-0.2, 0) is 6.42 Å². The Morgan fingerprint density at radius 2 is 2.20 bits per heavy atom. The number of halogens is 1. The molecule has 10 heavy (non-hydrogen) atoms. The Morgan fingerprint density at radius 3 is 2.70 bits per heavy atom. The third kappa shape index (κ3) is 1.51. The molecule has 0 spiro atoms. The van der Waals surface area contributed by atoms with Crippen LogP contribution in [0.5, 0.6) is 0 Å². The van der Waals surface area contributed by atoms with Gasteiger partial charge in [-0.2, -0.15) is 0 Å². The van der Waals surface area contributed by atoms with Gasteiger partial charge in [0.1, 0.15) is 0 Å². The van der Waals surface area contributed by atoms with Gasteiger partial charge in [0.25, 0.3) is 0 Å². The predicted octanol–water partition coefficient (Wildman–Crippen LogP) is 3.03. The van der Waals surface area contributed by atoms with Gasteiger partial charge >= 0.3 is 0 Å². The zero-order valence-electron chi connectivity index (χ0n) is 6.02. The molecule has 1 heteroatoms. The van der Waals surface area contributed by atoms with Gasteiger partial charge in [-0.25, -0.2) is 0 Å². The Labute approximate surface area is 66.8 Å². The van der Waals surface area contributed by atoms with Crippen LogP contribution >= 0.6 is 11.6 Å². The van der Waals surface area contributed by atoms with Gasteiger partial charge in [0.05, 0.1) is 0 Å². The molecule has 1 aromatic carbocycles. The van der Waals surface area contributed by atoms with Crippen molar-refractivity contribution in [1.82, 2.24) is 0 Å². The Bertz CT molecular complexity index is 228. The molecule has 0 saturated carbocycles. The summed E-state index contributed by atoms with van der Waals surface area (Å²) < 4.78 is 0. The summed E-state index contributed by atoms with van der Waals surface area (Å²) in [4.78, 5) is 0. The Kier molecular flexibility index (Phi) is 2.34. The fourth-order valence-electron chi connectivity index (χ4n) is 0.940. The second-order valence-corrected chi connectivity index (χ2v) is 2.76. The summed E-state index contributed by atoms with van der Waals surface area (Å²) >= 11 is 5.75. The highest BCUT2D eigenvalue weighted by molar-refractivity contribution is 6.30. The van der Waals surface area contributed by atoms with Crippen LogP contribution in [0.1, 0.15) is 11.1 Å². The van der Waals surface area contributed by atoms with Crippen molar-refractivity contribution in [3.05, 3.63) is 41.3 Å². The molecule has 53 valence electrons. The molecule has 0 saturated heterocycles. The summed E-state index contributed by atoms with van der Waals surface area (Å²) in [5.41, 5.74) is 2.49. The molecule has 1 rings (SSSR count). The maximum absolute atomic E-state index is 5.75. The van der Waals surface area contributed by atoms with E-state index in [4.69, 9.17) is 11.6 Å². The van der Waals surface area contributed by atoms with E-state index in [1.54, 1.807) is 0 Å². The van der Waals surface area contributed by atoms with Gasteiger partial charge in [0, 0.05) is 5.02 Å². The lowest BCUT2D eigenvalue weighted by molar-refractivity contribution is 1.21. The summed E-state index contributed by atoms with van der Waals surface area (Å²) in [6.45, 7) is 5.85. The van der Waals surface area contributed by atoms with Gasteiger partial charge in [0.2, 0.25) is 0 Å². The normalized spacial score (nSPS) is 9.90. The maximum atomic E-state index is 5.75. The third-order valence-electron chi connectivity index (χ3n) is 1.57. The van der Waals surface area contributed by atoms with Gasteiger partial charge in [0.15, 0.2) is 0 Å². The minimum absolute atomic E-state index is 0.801. The van der Waals surface area contributed by atoms with Crippen LogP contribution in [0.3, 0.4) is 0 Å². The largest absolute Gasteiger partial charge is 0.0843 e. The van der Waals surface area contributed by atoms with Crippen LogP contribution in [0.4, 0.5) is 0 Å². The van der Waals surface area contributed by atoms with E-state index in [-0.39, 0.29) is 0 Å². The van der Waals surface area contributed by atoms with E-state index < -0.39 is 0 Å². The first-order chi connectivity index (χ1) is 4.74. The molecule has 0 aliphatic heterocycles. The highest BCUT2D eigenvalue weighted by Crippen LogP contribution is 2.14. The van der Waals surface area contributed by atoms with Crippen molar-refractivity contribution in [2.45, 2.75) is 13.3 Å². The molecular formula is C9H10Cl. The molecular weight excluding hydrogens is 144 g/mol. The first-order valence-corrected chi connectivity index (χ1v) is 3.66. The molecule has 0 heterocycles. The fourth-order valence-corrected chi connectivity index (χ4v) is 1.17. The summed E-state index contributed by atoms with van der Waals surface area (Å²) in [5, 5.41) is 0.801. The summed E-state index contributed by atoms with van der Waals surface area (Å²) in [6, 6.07) is 5.88. The Morgan fingerprint density at radius 1 is 1.50 bits per heavy atom. The Hall–Kier alpha value is -0.490. The van der Waals surface area contributed by atoms with Crippen molar-refractivity contribution < 1.29 is 0 Å². The molecule has 0 aromatic heterocycles. The van der Waals surface area contributed by atoms with E-state index >= 15 is 0 Å². The van der Waals surface area contributed by atoms with E-state index in [0.29, 0.717) is 0 Å². The summed E-state index contributed by atoms with van der Waals surface area (Å²) in [7, 11) is 0. The van der Waals surface area contributed by atoms with Gasteiger partial charge in [-0.3, -0.25) is 0 Å². The lowest BCUT2D eigenvalue weighted by atomic mass is 10.1. The summed E-state index contributed by atoms with van der Waals surface area (Å²) in [6.07, 6.45) is 0.836. The molecule has 0 aliphatic carbocycles. The van der Waals surface area contributed by atoms with Crippen LogP contribution in [0.2, 0.25) is 5.02 Å². The monoisotopic (exact) mass is 153 g/mol. The highest BCUT2D eigenvalue weighted by Gasteiger charge is 1.94. The van der Waals surface area contributed by atoms with E-state index in [2.05, 4.69) is 6.92 Å². The highest BCUT2D eigenvalue weighted by atomic mass is 35.5. The van der Waals surface area contributed by atoms with Crippen molar-refractivity contribution in [3.8, 4) is 0 Å². The molecule has 1 radical (unpaired) electrons. The first-order valence-electron chi connectivity index (χ1n) is 3.28. The lowest BCUT2D eigenvalue weighted by Gasteiger charge is -2.00. The minimum atomic E-state index is 0.801. The first kappa shape index (κ1) is 7.62. The molecule has 0 bridgehead atoms. The van der Waals surface area contributed by atoms with E-state index in [0.717, 1.165) is 11.4 Å². The van der Waals surface area contributed by atoms with Crippen LogP contribution in [0.25, 0.3) is 0 Å². The van der Waals surface area contributed by atoms with Gasteiger partial charge in [-0.1, -0.05) is 17.7 Å². The van der Waals surface area contributed by atoms with E-state index in [9.17, 15) is 0 Å². The van der Waals surface area contributed by atoms with Crippen LogP contribution in [0, 0.1) is 13.8 Å². The van der Waals surface area contributed by atoms with Crippen molar-refractivity contribution >= 4 is 11.6 Å². The topological polar surface area (TPSA) is 0 Å². The van der Waals surface area contributed by atoms with Crippen molar-refractivity contribution in [3.63, 3.8) is 0 Å². The maximum Gasteiger partial charge on any atom is 0.0408 e. The molecule has 0 atom stereocenters. The van der Waals surface area contributed by atoms with E-state index in [1.165, 1.54) is 11.1 Å². The molecule has 0 amide bonds. The molecule has 0 aliphatic rings. The molecule has 0 N–H and O–H groups in total. The van der Waals surface area contributed by atoms with E-state index in [1.807, 2.05) is 25.1 Å². The zero-order valence-corrected chi connectivity index (χ0v) is 6.78. The van der Waals surface area contributed by atoms with Crippen LogP contribution in [0.15, 0.2) is 18.2 Å². The van der Waals surface area contributed by atoms with Gasteiger partial charge in [-0.15, -0.1) is 0 Å². The van der Waals surface area contributed by atoms with Gasteiger partial charge < -0.3 is 0 Å². The van der Waals surface area contributed by atoms with Crippen molar-refractivity contribution in [1.29, 1.82) is 0 Å². The average Bonchev–Trinajstić information content (AvgIpc) is 1.88. The lowest BCUT2D eigenvalue weighted by Crippen LogP contribution is -1.84. The molecule has 0 fully saturated rings. The summed E-state index contributed by atoms with van der Waals surface area (Å²) in [5.74, 6) is 0. The second kappa shape index (κ2) is 3.07. The molecule has 1 aromatic rings. The fraction of sp³-hybridized carbons (Fsp3) is 0.222. The minimum Gasteiger partial charge on any atom is -0.0843 e. The average molecular weight is 154 g/mol. The Balaban J connectivity index is 3.07. The number of rotatable bonds is 1. The third-order valence-corrected chi connectivity index (χ3v) is 1.81. The predicted molar refractivity (Wildman–Crippen MR) is 45.3 cm³/mol.